The van der Waals surface area contributed by atoms with Crippen LogP contribution >= 0.6 is 22.7 Å². The van der Waals surface area contributed by atoms with Gasteiger partial charge in [0.2, 0.25) is 5.91 Å². The van der Waals surface area contributed by atoms with Gasteiger partial charge in [0.15, 0.2) is 0 Å². The molecule has 2 aromatic heterocycles. The lowest BCUT2D eigenvalue weighted by atomic mass is 10.0. The highest BCUT2D eigenvalue weighted by Gasteiger charge is 2.26. The second kappa shape index (κ2) is 8.65. The molecule has 0 radical (unpaired) electrons. The summed E-state index contributed by atoms with van der Waals surface area (Å²) in [4.78, 5) is 43.9. The topological polar surface area (TPSA) is 133 Å². The number of nitrogens with one attached hydrogen (secondary N) is 3. The number of amides is 3. The Bertz CT molecular complexity index is 744. The van der Waals surface area contributed by atoms with Crippen molar-refractivity contribution < 1.29 is 19.6 Å². The largest absolute Gasteiger partial charge is 0.345 e. The standard InChI is InChI=1S/C14H17N5O4S2/c1-7(2)11(13(22)15-3-10(20)19-23)18-12(21)8-5-25-14(17-8)9-4-24-6-16-9/h4-7,11,23H,3H2,1-2H3,(H,15,22)(H,18,21)(H,19,20)/t11-/m0/s1. The van der Waals surface area contributed by atoms with Crippen LogP contribution in [0.25, 0.3) is 10.7 Å². The second-order valence-corrected chi connectivity index (χ2v) is 6.94. The highest BCUT2D eigenvalue weighted by atomic mass is 32.1. The molecule has 3 amide bonds. The smallest absolute Gasteiger partial charge is 0.271 e. The number of carbonyl (C=O) groups excluding carboxylic acids is 3. The average Bonchev–Trinajstić information content (AvgIpc) is 3.27. The van der Waals surface area contributed by atoms with Crippen LogP contribution < -0.4 is 16.1 Å². The van der Waals surface area contributed by atoms with Gasteiger partial charge in [-0.15, -0.1) is 22.7 Å². The minimum Gasteiger partial charge on any atom is -0.345 e. The van der Waals surface area contributed by atoms with Crippen molar-refractivity contribution in [3.05, 3.63) is 22.0 Å². The molecular weight excluding hydrogens is 366 g/mol. The summed E-state index contributed by atoms with van der Waals surface area (Å²) >= 11 is 2.72. The molecule has 0 spiro atoms. The Morgan fingerprint density at radius 2 is 2.04 bits per heavy atom. The summed E-state index contributed by atoms with van der Waals surface area (Å²) in [5.74, 6) is -1.98. The number of hydrogen-bond donors (Lipinski definition) is 4. The average molecular weight is 383 g/mol. The molecule has 0 saturated carbocycles. The first kappa shape index (κ1) is 19.0. The van der Waals surface area contributed by atoms with E-state index in [9.17, 15) is 14.4 Å². The van der Waals surface area contributed by atoms with Crippen molar-refractivity contribution in [2.24, 2.45) is 5.92 Å². The van der Waals surface area contributed by atoms with Gasteiger partial charge < -0.3 is 10.6 Å². The molecule has 0 saturated heterocycles. The Kier molecular flexibility index (Phi) is 6.56. The minimum atomic E-state index is -0.844. The van der Waals surface area contributed by atoms with E-state index < -0.39 is 23.8 Å². The summed E-state index contributed by atoms with van der Waals surface area (Å²) in [6.07, 6.45) is 0. The van der Waals surface area contributed by atoms with Crippen LogP contribution in [0.5, 0.6) is 0 Å². The molecule has 2 aromatic rings. The van der Waals surface area contributed by atoms with E-state index in [-0.39, 0.29) is 18.2 Å². The van der Waals surface area contributed by atoms with Crippen LogP contribution in [-0.4, -0.2) is 45.5 Å². The molecular formula is C14H17N5O4S2. The monoisotopic (exact) mass is 383 g/mol. The molecule has 4 N–H and O–H groups in total. The van der Waals surface area contributed by atoms with E-state index in [1.807, 2.05) is 5.38 Å². The van der Waals surface area contributed by atoms with Gasteiger partial charge in [0.1, 0.15) is 22.4 Å². The summed E-state index contributed by atoms with van der Waals surface area (Å²) in [7, 11) is 0. The van der Waals surface area contributed by atoms with E-state index in [2.05, 4.69) is 20.6 Å². The first-order chi connectivity index (χ1) is 11.9. The SMILES string of the molecule is CC(C)[C@H](NC(=O)c1csc(-c2cscn2)n1)C(=O)NCC(=O)NO. The van der Waals surface area contributed by atoms with Crippen molar-refractivity contribution >= 4 is 40.4 Å². The van der Waals surface area contributed by atoms with E-state index in [4.69, 9.17) is 5.21 Å². The quantitative estimate of drug-likeness (QED) is 0.410. The molecule has 0 aliphatic rings. The van der Waals surface area contributed by atoms with E-state index >= 15 is 0 Å². The fourth-order valence-electron chi connectivity index (χ4n) is 1.88. The number of hydroxylamine groups is 1. The van der Waals surface area contributed by atoms with Crippen molar-refractivity contribution in [2.45, 2.75) is 19.9 Å². The van der Waals surface area contributed by atoms with Crippen LogP contribution in [-0.2, 0) is 9.59 Å². The van der Waals surface area contributed by atoms with Gasteiger partial charge in [0.05, 0.1) is 12.1 Å². The number of thiazole rings is 2. The molecule has 2 heterocycles. The molecule has 9 nitrogen and oxygen atoms in total. The first-order valence-corrected chi connectivity index (χ1v) is 9.10. The molecule has 0 fully saturated rings. The second-order valence-electron chi connectivity index (χ2n) is 5.36. The maximum Gasteiger partial charge on any atom is 0.271 e. The predicted molar refractivity (Wildman–Crippen MR) is 92.3 cm³/mol. The molecule has 0 bridgehead atoms. The summed E-state index contributed by atoms with van der Waals surface area (Å²) in [5, 5.41) is 17.4. The predicted octanol–water partition coefficient (Wildman–Crippen LogP) is 0.643. The van der Waals surface area contributed by atoms with Gasteiger partial charge in [-0.05, 0) is 5.92 Å². The molecule has 0 aromatic carbocycles. The van der Waals surface area contributed by atoms with Crippen LogP contribution in [0.3, 0.4) is 0 Å². The van der Waals surface area contributed by atoms with Crippen molar-refractivity contribution in [1.82, 2.24) is 26.1 Å². The van der Waals surface area contributed by atoms with Crippen LogP contribution in [0.4, 0.5) is 0 Å². The highest BCUT2D eigenvalue weighted by molar-refractivity contribution is 7.14. The molecule has 1 atom stereocenters. The third-order valence-corrected chi connectivity index (χ3v) is 4.62. The third kappa shape index (κ3) is 5.05. The summed E-state index contributed by atoms with van der Waals surface area (Å²) in [6, 6.07) is -0.844. The number of hydrogen-bond acceptors (Lipinski definition) is 8. The Labute approximate surface area is 151 Å². The molecule has 2 rings (SSSR count). The fourth-order valence-corrected chi connectivity index (χ4v) is 3.26. The van der Waals surface area contributed by atoms with Gasteiger partial charge in [-0.1, -0.05) is 13.8 Å². The van der Waals surface area contributed by atoms with Crippen LogP contribution in [0.1, 0.15) is 24.3 Å². The fraction of sp³-hybridized carbons (Fsp3) is 0.357. The number of carbonyl (C=O) groups is 3. The first-order valence-electron chi connectivity index (χ1n) is 7.28. The van der Waals surface area contributed by atoms with Crippen LogP contribution in [0, 0.1) is 5.92 Å². The third-order valence-electron chi connectivity index (χ3n) is 3.17. The number of rotatable bonds is 7. The Morgan fingerprint density at radius 3 is 2.64 bits per heavy atom. The summed E-state index contributed by atoms with van der Waals surface area (Å²) in [5.41, 5.74) is 3.99. The molecule has 0 aliphatic carbocycles. The van der Waals surface area contributed by atoms with Crippen molar-refractivity contribution in [2.75, 3.05) is 6.54 Å². The zero-order chi connectivity index (χ0) is 18.4. The van der Waals surface area contributed by atoms with Gasteiger partial charge >= 0.3 is 0 Å². The van der Waals surface area contributed by atoms with E-state index in [0.29, 0.717) is 10.7 Å². The molecule has 0 unspecified atom stereocenters. The van der Waals surface area contributed by atoms with Crippen molar-refractivity contribution in [3.63, 3.8) is 0 Å². The molecule has 0 aliphatic heterocycles. The van der Waals surface area contributed by atoms with Crippen LogP contribution in [0.15, 0.2) is 16.3 Å². The van der Waals surface area contributed by atoms with E-state index in [1.54, 1.807) is 24.7 Å². The van der Waals surface area contributed by atoms with Crippen molar-refractivity contribution in [3.8, 4) is 10.7 Å². The summed E-state index contributed by atoms with van der Waals surface area (Å²) < 4.78 is 0. The van der Waals surface area contributed by atoms with Gasteiger partial charge in [-0.25, -0.2) is 15.4 Å². The summed E-state index contributed by atoms with van der Waals surface area (Å²) in [6.45, 7) is 3.13. The Morgan fingerprint density at radius 1 is 1.28 bits per heavy atom. The van der Waals surface area contributed by atoms with E-state index in [1.165, 1.54) is 28.2 Å². The maximum absolute atomic E-state index is 12.4. The Balaban J connectivity index is 2.02. The zero-order valence-corrected chi connectivity index (χ0v) is 15.1. The lowest BCUT2D eigenvalue weighted by Crippen LogP contribution is -2.51. The molecule has 11 heteroatoms. The minimum absolute atomic E-state index is 0.194. The maximum atomic E-state index is 12.4. The van der Waals surface area contributed by atoms with Gasteiger partial charge in [0, 0.05) is 10.8 Å². The van der Waals surface area contributed by atoms with Gasteiger partial charge in [-0.3, -0.25) is 19.6 Å². The molecule has 25 heavy (non-hydrogen) atoms. The van der Waals surface area contributed by atoms with Gasteiger partial charge in [0.25, 0.3) is 11.8 Å². The van der Waals surface area contributed by atoms with Crippen molar-refractivity contribution in [1.29, 1.82) is 0 Å². The number of nitrogens with zero attached hydrogens (tertiary/aromatic N) is 2. The number of aromatic nitrogens is 2. The lowest BCUT2D eigenvalue weighted by molar-refractivity contribution is -0.132. The normalized spacial score (nSPS) is 11.8. The van der Waals surface area contributed by atoms with E-state index in [0.717, 1.165) is 0 Å². The highest BCUT2D eigenvalue weighted by Crippen LogP contribution is 2.23. The zero-order valence-electron chi connectivity index (χ0n) is 13.5. The molecule has 134 valence electrons. The Hall–Kier alpha value is -2.37. The van der Waals surface area contributed by atoms with Gasteiger partial charge in [-0.2, -0.15) is 0 Å². The lowest BCUT2D eigenvalue weighted by Gasteiger charge is -2.21. The van der Waals surface area contributed by atoms with Crippen LogP contribution in [0.2, 0.25) is 0 Å².